The van der Waals surface area contributed by atoms with Crippen molar-refractivity contribution in [2.45, 2.75) is 44.6 Å². The molecule has 0 radical (unpaired) electrons. The van der Waals surface area contributed by atoms with Gasteiger partial charge in [-0.05, 0) is 42.1 Å². The molecule has 3 heterocycles. The van der Waals surface area contributed by atoms with Gasteiger partial charge < -0.3 is 14.7 Å². The number of aliphatic hydroxyl groups is 1. The summed E-state index contributed by atoms with van der Waals surface area (Å²) in [5.74, 6) is 0.844. The molecule has 4 nitrogen and oxygen atoms in total. The summed E-state index contributed by atoms with van der Waals surface area (Å²) < 4.78 is 5.57. The number of likely N-dealkylation sites (tertiary alicyclic amines) is 1. The first-order chi connectivity index (χ1) is 13.3. The van der Waals surface area contributed by atoms with E-state index >= 15 is 0 Å². The summed E-state index contributed by atoms with van der Waals surface area (Å²) >= 11 is 0. The zero-order chi connectivity index (χ0) is 19.9. The van der Waals surface area contributed by atoms with Crippen LogP contribution in [-0.4, -0.2) is 48.3 Å². The maximum atomic E-state index is 12.2. The van der Waals surface area contributed by atoms with Gasteiger partial charge in [-0.15, -0.1) is 0 Å². The highest BCUT2D eigenvalue weighted by Gasteiger charge is 2.55. The van der Waals surface area contributed by atoms with Crippen LogP contribution in [0.4, 0.5) is 0 Å². The molecule has 2 atom stereocenters. The summed E-state index contributed by atoms with van der Waals surface area (Å²) in [6.45, 7) is 9.83. The normalized spacial score (nSPS) is 24.1. The molecule has 0 bridgehead atoms. The lowest BCUT2D eigenvalue weighted by molar-refractivity contribution is -0.127. The van der Waals surface area contributed by atoms with Crippen LogP contribution in [0.2, 0.25) is 0 Å². The van der Waals surface area contributed by atoms with Gasteiger partial charge in [-0.2, -0.15) is 0 Å². The van der Waals surface area contributed by atoms with Crippen LogP contribution in [-0.2, 0) is 10.3 Å². The molecule has 2 aliphatic heterocycles. The molecule has 0 spiro atoms. The molecule has 1 aromatic carbocycles. The van der Waals surface area contributed by atoms with Gasteiger partial charge in [0, 0.05) is 49.0 Å². The molecule has 1 unspecified atom stereocenters. The fourth-order valence-electron chi connectivity index (χ4n) is 5.02. The maximum Gasteiger partial charge on any atom is 0.124 e. The Kier molecular flexibility index (Phi) is 5.07. The zero-order valence-electron chi connectivity index (χ0n) is 17.5. The molecule has 2 fully saturated rings. The van der Waals surface area contributed by atoms with Gasteiger partial charge in [0.1, 0.15) is 5.60 Å². The van der Waals surface area contributed by atoms with Gasteiger partial charge in [0.2, 0.25) is 0 Å². The third-order valence-corrected chi connectivity index (χ3v) is 6.68. The van der Waals surface area contributed by atoms with Crippen molar-refractivity contribution in [2.24, 2.45) is 5.41 Å². The minimum absolute atomic E-state index is 0.256. The summed E-state index contributed by atoms with van der Waals surface area (Å²) in [6.07, 6.45) is 4.80. The van der Waals surface area contributed by atoms with E-state index in [0.717, 1.165) is 43.9 Å². The number of rotatable bonds is 5. The molecular formula is C24H32N2O2. The number of nitrogens with zero attached hydrogens (tertiary/aromatic N) is 2. The van der Waals surface area contributed by atoms with E-state index in [1.54, 1.807) is 0 Å². The Morgan fingerprint density at radius 2 is 1.89 bits per heavy atom. The van der Waals surface area contributed by atoms with E-state index in [9.17, 15) is 5.11 Å². The van der Waals surface area contributed by atoms with Crippen molar-refractivity contribution in [3.63, 3.8) is 0 Å². The Bertz CT molecular complexity index is 821. The number of aromatic nitrogens is 1. The second-order valence-corrected chi connectivity index (χ2v) is 9.29. The van der Waals surface area contributed by atoms with E-state index in [4.69, 9.17) is 4.74 Å². The average molecular weight is 381 g/mol. The third-order valence-electron chi connectivity index (χ3n) is 6.68. The van der Waals surface area contributed by atoms with Gasteiger partial charge >= 0.3 is 0 Å². The molecular weight excluding hydrogens is 348 g/mol. The van der Waals surface area contributed by atoms with E-state index < -0.39 is 5.60 Å². The Morgan fingerprint density at radius 1 is 1.18 bits per heavy atom. The summed E-state index contributed by atoms with van der Waals surface area (Å²) in [7, 11) is 2.11. The Hall–Kier alpha value is -1.75. The lowest BCUT2D eigenvalue weighted by Gasteiger charge is -2.56. The summed E-state index contributed by atoms with van der Waals surface area (Å²) in [5.41, 5.74) is 2.98. The van der Waals surface area contributed by atoms with Crippen molar-refractivity contribution in [2.75, 3.05) is 33.4 Å². The van der Waals surface area contributed by atoms with Crippen LogP contribution in [0.3, 0.4) is 0 Å². The fraction of sp³-hybridized carbons (Fsp3) is 0.542. The van der Waals surface area contributed by atoms with Crippen LogP contribution in [0.1, 0.15) is 61.3 Å². The first-order valence-electron chi connectivity index (χ1n) is 10.4. The van der Waals surface area contributed by atoms with Gasteiger partial charge in [-0.3, -0.25) is 4.98 Å². The smallest absolute Gasteiger partial charge is 0.124 e. The van der Waals surface area contributed by atoms with Crippen LogP contribution in [0, 0.1) is 5.41 Å². The van der Waals surface area contributed by atoms with Gasteiger partial charge in [0.25, 0.3) is 0 Å². The summed E-state index contributed by atoms with van der Waals surface area (Å²) in [6, 6.07) is 10.7. The van der Waals surface area contributed by atoms with Crippen LogP contribution < -0.4 is 0 Å². The first kappa shape index (κ1) is 19.6. The van der Waals surface area contributed by atoms with Crippen molar-refractivity contribution in [1.29, 1.82) is 0 Å². The summed E-state index contributed by atoms with van der Waals surface area (Å²) in [5, 5.41) is 12.2. The SMILES string of the molecule is CC(C)c1ccc([C@](O)(c2cncc(C3CCOC3)c2)C2(C)CN(C)C2)cc1. The first-order valence-corrected chi connectivity index (χ1v) is 10.4. The number of hydrogen-bond donors (Lipinski definition) is 1. The predicted molar refractivity (Wildman–Crippen MR) is 112 cm³/mol. The second kappa shape index (κ2) is 7.25. The highest BCUT2D eigenvalue weighted by Crippen LogP contribution is 2.50. The maximum absolute atomic E-state index is 12.2. The molecule has 2 aliphatic rings. The van der Waals surface area contributed by atoms with E-state index in [0.29, 0.717) is 11.8 Å². The lowest BCUT2D eigenvalue weighted by Crippen LogP contribution is -2.63. The largest absolute Gasteiger partial charge is 0.381 e. The minimum Gasteiger partial charge on any atom is -0.381 e. The van der Waals surface area contributed by atoms with E-state index in [-0.39, 0.29) is 5.41 Å². The highest BCUT2D eigenvalue weighted by atomic mass is 16.5. The Balaban J connectivity index is 1.79. The van der Waals surface area contributed by atoms with Gasteiger partial charge in [-0.1, -0.05) is 45.0 Å². The van der Waals surface area contributed by atoms with Crippen LogP contribution in [0.5, 0.6) is 0 Å². The number of ether oxygens (including phenoxy) is 1. The van der Waals surface area contributed by atoms with E-state index in [1.165, 1.54) is 11.1 Å². The second-order valence-electron chi connectivity index (χ2n) is 9.29. The average Bonchev–Trinajstić information content (AvgIpc) is 3.21. The molecule has 0 aliphatic carbocycles. The van der Waals surface area contributed by atoms with Gasteiger partial charge in [0.15, 0.2) is 0 Å². The van der Waals surface area contributed by atoms with Crippen LogP contribution in [0.15, 0.2) is 42.7 Å². The molecule has 4 heteroatoms. The number of pyridine rings is 1. The third kappa shape index (κ3) is 3.18. The highest BCUT2D eigenvalue weighted by molar-refractivity contribution is 5.42. The molecule has 28 heavy (non-hydrogen) atoms. The van der Waals surface area contributed by atoms with Crippen molar-refractivity contribution in [3.8, 4) is 0 Å². The molecule has 2 aromatic rings. The predicted octanol–water partition coefficient (Wildman–Crippen LogP) is 3.90. The van der Waals surface area contributed by atoms with E-state index in [2.05, 4.69) is 68.0 Å². The van der Waals surface area contributed by atoms with Gasteiger partial charge in [0.05, 0.1) is 6.61 Å². The Labute approximate surface area is 168 Å². The van der Waals surface area contributed by atoms with Gasteiger partial charge in [-0.25, -0.2) is 0 Å². The van der Waals surface area contributed by atoms with Crippen molar-refractivity contribution in [1.82, 2.24) is 9.88 Å². The van der Waals surface area contributed by atoms with Crippen molar-refractivity contribution in [3.05, 3.63) is 65.0 Å². The topological polar surface area (TPSA) is 45.6 Å². The standard InChI is InChI=1S/C24H32N2O2/c1-17(2)18-5-7-21(8-6-18)24(27,23(3)15-26(4)16-23)22-11-20(12-25-13-22)19-9-10-28-14-19/h5-8,11-13,17,19,27H,9-10,14-16H2,1-4H3/t19?,24-/m0/s1. The zero-order valence-corrected chi connectivity index (χ0v) is 17.5. The number of benzene rings is 1. The monoisotopic (exact) mass is 380 g/mol. The molecule has 1 aromatic heterocycles. The van der Waals surface area contributed by atoms with Crippen molar-refractivity contribution >= 4 is 0 Å². The Morgan fingerprint density at radius 3 is 2.46 bits per heavy atom. The molecule has 0 saturated carbocycles. The molecule has 1 N–H and O–H groups in total. The van der Waals surface area contributed by atoms with Crippen LogP contribution >= 0.6 is 0 Å². The minimum atomic E-state index is -1.07. The molecule has 0 amide bonds. The fourth-order valence-corrected chi connectivity index (χ4v) is 5.02. The van der Waals surface area contributed by atoms with Crippen molar-refractivity contribution < 1.29 is 9.84 Å². The number of hydrogen-bond acceptors (Lipinski definition) is 4. The quantitative estimate of drug-likeness (QED) is 0.855. The lowest BCUT2D eigenvalue weighted by atomic mass is 9.62. The molecule has 4 rings (SSSR count). The van der Waals surface area contributed by atoms with E-state index in [1.807, 2.05) is 12.4 Å². The summed E-state index contributed by atoms with van der Waals surface area (Å²) in [4.78, 5) is 6.79. The molecule has 150 valence electrons. The van der Waals surface area contributed by atoms with Crippen LogP contribution in [0.25, 0.3) is 0 Å². The molecule has 2 saturated heterocycles.